The minimum atomic E-state index is -1.68. The molecule has 0 aromatic heterocycles. The van der Waals surface area contributed by atoms with Crippen molar-refractivity contribution in [1.82, 2.24) is 4.90 Å². The van der Waals surface area contributed by atoms with E-state index < -0.39 is 8.32 Å². The fourth-order valence-corrected chi connectivity index (χ4v) is 5.57. The van der Waals surface area contributed by atoms with Crippen molar-refractivity contribution in [2.24, 2.45) is 0 Å². The number of hydrogen-bond acceptors (Lipinski definition) is 2. The van der Waals surface area contributed by atoms with Crippen LogP contribution < -0.4 is 0 Å². The molecule has 0 unspecified atom stereocenters. The summed E-state index contributed by atoms with van der Waals surface area (Å²) in [6.07, 6.45) is 10.1. The predicted octanol–water partition coefficient (Wildman–Crippen LogP) is 4.64. The van der Waals surface area contributed by atoms with Gasteiger partial charge in [-0.15, -0.1) is 0 Å². The molecule has 3 aliphatic rings. The smallest absolute Gasteiger partial charge is 0.247 e. The van der Waals surface area contributed by atoms with E-state index in [2.05, 4.69) is 38.8 Å². The molecule has 130 valence electrons. The number of rotatable bonds is 4. The summed E-state index contributed by atoms with van der Waals surface area (Å²) in [7, 11) is -1.68. The summed E-state index contributed by atoms with van der Waals surface area (Å²) in [5.74, 6) is 0.275. The van der Waals surface area contributed by atoms with Crippen molar-refractivity contribution in [3.63, 3.8) is 0 Å². The Morgan fingerprint density at radius 3 is 2.70 bits per heavy atom. The molecular weight excluding hydrogens is 302 g/mol. The number of carbonyl (C=O) groups excluding carboxylic acids is 1. The van der Waals surface area contributed by atoms with Crippen LogP contribution in [0.3, 0.4) is 0 Å². The maximum absolute atomic E-state index is 12.6. The van der Waals surface area contributed by atoms with Gasteiger partial charge in [-0.3, -0.25) is 4.79 Å². The van der Waals surface area contributed by atoms with Gasteiger partial charge in [0.1, 0.15) is 0 Å². The van der Waals surface area contributed by atoms with E-state index in [1.165, 1.54) is 31.3 Å². The Kier molecular flexibility index (Phi) is 4.29. The highest BCUT2D eigenvalue weighted by Gasteiger charge is 2.53. The molecule has 2 fully saturated rings. The van der Waals surface area contributed by atoms with Gasteiger partial charge in [-0.2, -0.15) is 0 Å². The molecule has 0 aromatic carbocycles. The standard InChI is InChI=1S/C19H33NO2Si/c1-18(2,3)23(4,5)22-13-10-16-9-7-12-19-11-6-8-15(19)14-17(21)20(16)19/h14,16H,6-13H2,1-5H3/t16-,19+/m1/s1. The fourth-order valence-electron chi connectivity index (χ4n) is 4.51. The Labute approximate surface area is 142 Å². The molecule has 1 amide bonds. The molecule has 23 heavy (non-hydrogen) atoms. The van der Waals surface area contributed by atoms with Crippen LogP contribution >= 0.6 is 0 Å². The first-order chi connectivity index (χ1) is 10.7. The highest BCUT2D eigenvalue weighted by atomic mass is 28.4. The van der Waals surface area contributed by atoms with Gasteiger partial charge < -0.3 is 9.33 Å². The van der Waals surface area contributed by atoms with E-state index in [1.54, 1.807) is 0 Å². The number of nitrogens with zero attached hydrogens (tertiary/aromatic N) is 1. The third kappa shape index (κ3) is 2.82. The monoisotopic (exact) mass is 335 g/mol. The molecule has 2 aliphatic heterocycles. The van der Waals surface area contributed by atoms with Gasteiger partial charge in [-0.1, -0.05) is 20.8 Å². The van der Waals surface area contributed by atoms with Crippen molar-refractivity contribution < 1.29 is 9.22 Å². The average molecular weight is 336 g/mol. The number of carbonyl (C=O) groups is 1. The van der Waals surface area contributed by atoms with Gasteiger partial charge in [0.15, 0.2) is 8.32 Å². The van der Waals surface area contributed by atoms with Crippen LogP contribution in [0.2, 0.25) is 18.1 Å². The Bertz CT molecular complexity index is 520. The third-order valence-corrected chi connectivity index (χ3v) is 11.4. The summed E-state index contributed by atoms with van der Waals surface area (Å²) in [5.41, 5.74) is 1.54. The minimum Gasteiger partial charge on any atom is -0.417 e. The van der Waals surface area contributed by atoms with E-state index >= 15 is 0 Å². The van der Waals surface area contributed by atoms with Crippen molar-refractivity contribution in [2.45, 2.75) is 95.4 Å². The molecule has 1 saturated heterocycles. The maximum Gasteiger partial charge on any atom is 0.247 e. The molecule has 2 atom stereocenters. The van der Waals surface area contributed by atoms with Crippen molar-refractivity contribution in [2.75, 3.05) is 6.61 Å². The fraction of sp³-hybridized carbons (Fsp3) is 0.842. The lowest BCUT2D eigenvalue weighted by molar-refractivity contribution is -0.134. The molecule has 1 spiro atoms. The van der Waals surface area contributed by atoms with Crippen LogP contribution in [0, 0.1) is 0 Å². The molecule has 0 bridgehead atoms. The molecule has 0 aromatic rings. The van der Waals surface area contributed by atoms with E-state index in [1.807, 2.05) is 6.08 Å². The van der Waals surface area contributed by atoms with Crippen LogP contribution in [0.1, 0.15) is 65.7 Å². The Hall–Kier alpha value is -0.613. The first-order valence-corrected chi connectivity index (χ1v) is 12.3. The van der Waals surface area contributed by atoms with Crippen molar-refractivity contribution in [3.05, 3.63) is 11.6 Å². The van der Waals surface area contributed by atoms with E-state index in [9.17, 15) is 4.79 Å². The lowest BCUT2D eigenvalue weighted by Gasteiger charge is -2.47. The summed E-state index contributed by atoms with van der Waals surface area (Å²) < 4.78 is 6.37. The molecule has 3 nitrogen and oxygen atoms in total. The van der Waals surface area contributed by atoms with Crippen molar-refractivity contribution in [1.29, 1.82) is 0 Å². The maximum atomic E-state index is 12.6. The Balaban J connectivity index is 1.64. The quantitative estimate of drug-likeness (QED) is 0.700. The number of hydrogen-bond donors (Lipinski definition) is 0. The summed E-state index contributed by atoms with van der Waals surface area (Å²) in [6.45, 7) is 12.3. The lowest BCUT2D eigenvalue weighted by Crippen LogP contribution is -2.55. The highest BCUT2D eigenvalue weighted by Crippen LogP contribution is 2.51. The van der Waals surface area contributed by atoms with Gasteiger partial charge in [0.25, 0.3) is 0 Å². The summed E-state index contributed by atoms with van der Waals surface area (Å²) in [5, 5.41) is 0.254. The predicted molar refractivity (Wildman–Crippen MR) is 96.9 cm³/mol. The summed E-state index contributed by atoms with van der Waals surface area (Å²) >= 11 is 0. The zero-order valence-electron chi connectivity index (χ0n) is 15.6. The molecule has 1 aliphatic carbocycles. The summed E-state index contributed by atoms with van der Waals surface area (Å²) in [6, 6.07) is 0.382. The van der Waals surface area contributed by atoms with E-state index in [4.69, 9.17) is 4.43 Å². The molecule has 4 heteroatoms. The third-order valence-electron chi connectivity index (χ3n) is 6.84. The van der Waals surface area contributed by atoms with Gasteiger partial charge >= 0.3 is 0 Å². The zero-order valence-corrected chi connectivity index (χ0v) is 16.6. The average Bonchev–Trinajstić information content (AvgIpc) is 2.91. The van der Waals surface area contributed by atoms with Crippen LogP contribution in [-0.2, 0) is 9.22 Å². The first-order valence-electron chi connectivity index (χ1n) is 9.36. The molecule has 1 saturated carbocycles. The van der Waals surface area contributed by atoms with Gasteiger partial charge in [-0.25, -0.2) is 0 Å². The second-order valence-corrected chi connectivity index (χ2v) is 14.0. The number of amides is 1. The lowest BCUT2D eigenvalue weighted by atomic mass is 9.81. The molecule has 3 rings (SSSR count). The van der Waals surface area contributed by atoms with E-state index in [-0.39, 0.29) is 16.5 Å². The largest absolute Gasteiger partial charge is 0.417 e. The van der Waals surface area contributed by atoms with Gasteiger partial charge in [0.05, 0.1) is 5.54 Å². The van der Waals surface area contributed by atoms with Crippen LogP contribution in [-0.4, -0.2) is 37.3 Å². The molecule has 0 N–H and O–H groups in total. The Morgan fingerprint density at radius 2 is 2.00 bits per heavy atom. The molecule has 2 heterocycles. The second kappa shape index (κ2) is 5.73. The second-order valence-electron chi connectivity index (χ2n) is 9.21. The van der Waals surface area contributed by atoms with Gasteiger partial charge in [0.2, 0.25) is 5.91 Å². The van der Waals surface area contributed by atoms with Crippen LogP contribution in [0.4, 0.5) is 0 Å². The SMILES string of the molecule is CC(C)(C)[Si](C)(C)OCC[C@H]1CCC[C@@]23CCCC2=CC(=O)N13. The van der Waals surface area contributed by atoms with Crippen LogP contribution in [0.5, 0.6) is 0 Å². The highest BCUT2D eigenvalue weighted by molar-refractivity contribution is 6.74. The van der Waals surface area contributed by atoms with Gasteiger partial charge in [-0.05, 0) is 68.7 Å². The van der Waals surface area contributed by atoms with Gasteiger partial charge in [0, 0.05) is 18.7 Å². The number of piperidine rings is 1. The van der Waals surface area contributed by atoms with E-state index in [0.29, 0.717) is 6.04 Å². The Morgan fingerprint density at radius 1 is 1.30 bits per heavy atom. The topological polar surface area (TPSA) is 29.5 Å². The normalized spacial score (nSPS) is 31.2. The van der Waals surface area contributed by atoms with Crippen LogP contribution in [0.15, 0.2) is 11.6 Å². The van der Waals surface area contributed by atoms with Crippen molar-refractivity contribution in [3.8, 4) is 0 Å². The molecular formula is C19H33NO2Si. The van der Waals surface area contributed by atoms with Crippen LogP contribution in [0.25, 0.3) is 0 Å². The molecule has 0 radical (unpaired) electrons. The summed E-state index contributed by atoms with van der Waals surface area (Å²) in [4.78, 5) is 14.8. The zero-order chi connectivity index (χ0) is 16.9. The minimum absolute atomic E-state index is 0.108. The first kappa shape index (κ1) is 17.2. The van der Waals surface area contributed by atoms with E-state index in [0.717, 1.165) is 25.9 Å². The van der Waals surface area contributed by atoms with Crippen molar-refractivity contribution >= 4 is 14.2 Å².